The molecule has 1 aliphatic carbocycles. The summed E-state index contributed by atoms with van der Waals surface area (Å²) in [5.41, 5.74) is 1.14. The molecule has 0 unspecified atom stereocenters. The fourth-order valence-electron chi connectivity index (χ4n) is 2.77. The zero-order chi connectivity index (χ0) is 15.2. The van der Waals surface area contributed by atoms with Gasteiger partial charge in [0.25, 0.3) is 0 Å². The van der Waals surface area contributed by atoms with Gasteiger partial charge in [-0.3, -0.25) is 0 Å². The normalized spacial score (nSPS) is 22.3. The Morgan fingerprint density at radius 2 is 2.00 bits per heavy atom. The molecule has 2 N–H and O–H groups in total. The third kappa shape index (κ3) is 4.61. The number of aliphatic hydroxyl groups is 1. The van der Waals surface area contributed by atoms with Crippen molar-refractivity contribution >= 4 is 0 Å². The summed E-state index contributed by atoms with van der Waals surface area (Å²) in [4.78, 5) is 0. The standard InChI is InChI=1S/C17H27NO3/c1-12(2)21-16-9-8-13(10-17(16)20-3)11-18-14-6-4-5-7-15(14)19/h8-10,12,14-15,18-19H,4-7,11H2,1-3H3/t14-,15+/m1/s1. The Kier molecular flexibility index (Phi) is 5.88. The molecule has 21 heavy (non-hydrogen) atoms. The highest BCUT2D eigenvalue weighted by Crippen LogP contribution is 2.29. The second-order valence-corrected chi connectivity index (χ2v) is 5.99. The predicted octanol–water partition coefficient (Wildman–Crippen LogP) is 2.88. The van der Waals surface area contributed by atoms with Crippen LogP contribution in [0.15, 0.2) is 18.2 Å². The van der Waals surface area contributed by atoms with Crippen LogP contribution in [0.5, 0.6) is 11.5 Å². The molecule has 1 fully saturated rings. The van der Waals surface area contributed by atoms with Crippen molar-refractivity contribution in [3.8, 4) is 11.5 Å². The topological polar surface area (TPSA) is 50.7 Å². The Labute approximate surface area is 127 Å². The second-order valence-electron chi connectivity index (χ2n) is 5.99. The summed E-state index contributed by atoms with van der Waals surface area (Å²) in [5, 5.41) is 13.4. The van der Waals surface area contributed by atoms with Crippen molar-refractivity contribution in [2.24, 2.45) is 0 Å². The minimum absolute atomic E-state index is 0.125. The summed E-state index contributed by atoms with van der Waals surface area (Å²) in [6.07, 6.45) is 4.19. The highest BCUT2D eigenvalue weighted by molar-refractivity contribution is 5.43. The summed E-state index contributed by atoms with van der Waals surface area (Å²) in [5.74, 6) is 1.53. The van der Waals surface area contributed by atoms with Gasteiger partial charge in [-0.1, -0.05) is 18.9 Å². The Hall–Kier alpha value is -1.26. The summed E-state index contributed by atoms with van der Waals surface area (Å²) >= 11 is 0. The zero-order valence-electron chi connectivity index (χ0n) is 13.3. The van der Waals surface area contributed by atoms with Crippen LogP contribution in [0.25, 0.3) is 0 Å². The second kappa shape index (κ2) is 7.66. The predicted molar refractivity (Wildman–Crippen MR) is 83.9 cm³/mol. The van der Waals surface area contributed by atoms with E-state index in [0.29, 0.717) is 0 Å². The molecule has 4 nitrogen and oxygen atoms in total. The van der Waals surface area contributed by atoms with Gasteiger partial charge in [0, 0.05) is 12.6 Å². The van der Waals surface area contributed by atoms with E-state index in [1.165, 1.54) is 6.42 Å². The van der Waals surface area contributed by atoms with Crippen LogP contribution in [-0.2, 0) is 6.54 Å². The average molecular weight is 293 g/mol. The summed E-state index contributed by atoms with van der Waals surface area (Å²) in [6, 6.07) is 6.20. The van der Waals surface area contributed by atoms with Crippen molar-refractivity contribution in [3.63, 3.8) is 0 Å². The monoisotopic (exact) mass is 293 g/mol. The van der Waals surface area contributed by atoms with Gasteiger partial charge >= 0.3 is 0 Å². The summed E-state index contributed by atoms with van der Waals surface area (Å²) < 4.78 is 11.1. The van der Waals surface area contributed by atoms with Crippen LogP contribution in [0.1, 0.15) is 45.1 Å². The third-order valence-electron chi connectivity index (χ3n) is 3.89. The minimum Gasteiger partial charge on any atom is -0.493 e. The van der Waals surface area contributed by atoms with Gasteiger partial charge in [0.05, 0.1) is 19.3 Å². The summed E-state index contributed by atoms with van der Waals surface area (Å²) in [7, 11) is 1.66. The van der Waals surface area contributed by atoms with Crippen molar-refractivity contribution in [2.75, 3.05) is 7.11 Å². The van der Waals surface area contributed by atoms with E-state index in [0.717, 1.165) is 42.9 Å². The van der Waals surface area contributed by atoms with E-state index < -0.39 is 0 Å². The van der Waals surface area contributed by atoms with E-state index in [4.69, 9.17) is 9.47 Å². The molecule has 1 aromatic rings. The highest BCUT2D eigenvalue weighted by atomic mass is 16.5. The zero-order valence-corrected chi connectivity index (χ0v) is 13.3. The highest BCUT2D eigenvalue weighted by Gasteiger charge is 2.22. The Bertz CT molecular complexity index is 448. The van der Waals surface area contributed by atoms with Crippen LogP contribution in [0.2, 0.25) is 0 Å². The van der Waals surface area contributed by atoms with E-state index in [1.807, 2.05) is 32.0 Å². The fourth-order valence-corrected chi connectivity index (χ4v) is 2.77. The lowest BCUT2D eigenvalue weighted by Gasteiger charge is -2.28. The van der Waals surface area contributed by atoms with E-state index in [1.54, 1.807) is 7.11 Å². The van der Waals surface area contributed by atoms with Crippen molar-refractivity contribution in [3.05, 3.63) is 23.8 Å². The molecule has 0 amide bonds. The van der Waals surface area contributed by atoms with Gasteiger partial charge in [-0.25, -0.2) is 0 Å². The van der Waals surface area contributed by atoms with Gasteiger partial charge in [0.2, 0.25) is 0 Å². The first-order valence-corrected chi connectivity index (χ1v) is 7.85. The quantitative estimate of drug-likeness (QED) is 0.847. The van der Waals surface area contributed by atoms with Gasteiger partial charge in [0.1, 0.15) is 0 Å². The SMILES string of the molecule is COc1cc(CN[C@@H]2CCCC[C@@H]2O)ccc1OC(C)C. The van der Waals surface area contributed by atoms with Gasteiger partial charge in [0.15, 0.2) is 11.5 Å². The molecule has 1 aliphatic rings. The smallest absolute Gasteiger partial charge is 0.161 e. The van der Waals surface area contributed by atoms with Crippen LogP contribution < -0.4 is 14.8 Å². The molecule has 2 atom stereocenters. The number of aliphatic hydroxyl groups excluding tert-OH is 1. The van der Waals surface area contributed by atoms with E-state index in [-0.39, 0.29) is 18.2 Å². The van der Waals surface area contributed by atoms with Crippen LogP contribution >= 0.6 is 0 Å². The molecule has 0 heterocycles. The first kappa shape index (κ1) is 16.1. The Balaban J connectivity index is 1.97. The first-order valence-electron chi connectivity index (χ1n) is 7.85. The summed E-state index contributed by atoms with van der Waals surface area (Å²) in [6.45, 7) is 4.73. The molecule has 1 aromatic carbocycles. The van der Waals surface area contributed by atoms with Crippen molar-refractivity contribution in [2.45, 2.75) is 64.3 Å². The number of nitrogens with one attached hydrogen (secondary N) is 1. The minimum atomic E-state index is -0.218. The molecule has 1 saturated carbocycles. The van der Waals surface area contributed by atoms with Crippen LogP contribution in [0, 0.1) is 0 Å². The molecular formula is C17H27NO3. The maximum absolute atomic E-state index is 9.98. The van der Waals surface area contributed by atoms with Gasteiger partial charge in [-0.05, 0) is 44.4 Å². The van der Waals surface area contributed by atoms with E-state index in [2.05, 4.69) is 5.32 Å². The first-order chi connectivity index (χ1) is 10.1. The molecule has 2 rings (SSSR count). The molecule has 0 spiro atoms. The van der Waals surface area contributed by atoms with Crippen LogP contribution in [-0.4, -0.2) is 30.5 Å². The molecule has 0 aromatic heterocycles. The van der Waals surface area contributed by atoms with Crippen molar-refractivity contribution < 1.29 is 14.6 Å². The average Bonchev–Trinajstić information content (AvgIpc) is 2.47. The molecule has 0 radical (unpaired) electrons. The molecule has 4 heteroatoms. The maximum atomic E-state index is 9.98. The Morgan fingerprint density at radius 3 is 2.67 bits per heavy atom. The molecule has 118 valence electrons. The van der Waals surface area contributed by atoms with E-state index >= 15 is 0 Å². The Morgan fingerprint density at radius 1 is 1.24 bits per heavy atom. The largest absolute Gasteiger partial charge is 0.493 e. The number of hydrogen-bond acceptors (Lipinski definition) is 4. The maximum Gasteiger partial charge on any atom is 0.161 e. The number of rotatable bonds is 6. The molecule has 0 saturated heterocycles. The molecule has 0 aliphatic heterocycles. The van der Waals surface area contributed by atoms with Crippen LogP contribution in [0.4, 0.5) is 0 Å². The molecule has 0 bridgehead atoms. The van der Waals surface area contributed by atoms with Crippen molar-refractivity contribution in [1.29, 1.82) is 0 Å². The number of hydrogen-bond donors (Lipinski definition) is 2. The lowest BCUT2D eigenvalue weighted by molar-refractivity contribution is 0.0902. The lowest BCUT2D eigenvalue weighted by Crippen LogP contribution is -2.41. The van der Waals surface area contributed by atoms with Gasteiger partial charge < -0.3 is 19.9 Å². The number of benzene rings is 1. The third-order valence-corrected chi connectivity index (χ3v) is 3.89. The molecular weight excluding hydrogens is 266 g/mol. The number of methoxy groups -OCH3 is 1. The van der Waals surface area contributed by atoms with Crippen molar-refractivity contribution in [1.82, 2.24) is 5.32 Å². The van der Waals surface area contributed by atoms with Crippen LogP contribution in [0.3, 0.4) is 0 Å². The van der Waals surface area contributed by atoms with E-state index in [9.17, 15) is 5.11 Å². The lowest BCUT2D eigenvalue weighted by atomic mass is 9.92. The van der Waals surface area contributed by atoms with Gasteiger partial charge in [-0.2, -0.15) is 0 Å². The van der Waals surface area contributed by atoms with Gasteiger partial charge in [-0.15, -0.1) is 0 Å². The fraction of sp³-hybridized carbons (Fsp3) is 0.647. The number of ether oxygens (including phenoxy) is 2.